The molecule has 2 aliphatic carbocycles. The highest BCUT2D eigenvalue weighted by Gasteiger charge is 2.27. The average molecular weight is 288 g/mol. The normalized spacial score (nSPS) is 19.8. The van der Waals surface area contributed by atoms with Gasteiger partial charge in [-0.3, -0.25) is 0 Å². The molecule has 0 aliphatic heterocycles. The van der Waals surface area contributed by atoms with Gasteiger partial charge in [0.25, 0.3) is 0 Å². The van der Waals surface area contributed by atoms with Crippen molar-refractivity contribution >= 4 is 5.96 Å². The summed E-state index contributed by atoms with van der Waals surface area (Å²) in [5, 5.41) is 0. The van der Waals surface area contributed by atoms with E-state index in [1.807, 2.05) is 19.2 Å². The van der Waals surface area contributed by atoms with Gasteiger partial charge in [0, 0.05) is 25.4 Å². The molecule has 5 nitrogen and oxygen atoms in total. The Balaban J connectivity index is 1.58. The van der Waals surface area contributed by atoms with Gasteiger partial charge in [-0.2, -0.15) is 0 Å². The second-order valence-corrected chi connectivity index (χ2v) is 6.04. The van der Waals surface area contributed by atoms with Crippen molar-refractivity contribution in [1.29, 1.82) is 0 Å². The molecule has 2 saturated carbocycles. The van der Waals surface area contributed by atoms with Gasteiger partial charge in [-0.05, 0) is 50.2 Å². The molecule has 0 radical (unpaired) electrons. The minimum atomic E-state index is 0.335. The molecule has 114 valence electrons. The molecule has 5 heteroatoms. The van der Waals surface area contributed by atoms with Crippen LogP contribution in [0.2, 0.25) is 0 Å². The van der Waals surface area contributed by atoms with Gasteiger partial charge < -0.3 is 15.4 Å². The summed E-state index contributed by atoms with van der Waals surface area (Å²) in [4.78, 5) is 10.8. The van der Waals surface area contributed by atoms with E-state index in [4.69, 9.17) is 10.5 Å². The predicted octanol–water partition coefficient (Wildman–Crippen LogP) is 2.31. The van der Waals surface area contributed by atoms with Crippen LogP contribution >= 0.6 is 0 Å². The van der Waals surface area contributed by atoms with Crippen molar-refractivity contribution in [2.75, 3.05) is 7.05 Å². The van der Waals surface area contributed by atoms with Gasteiger partial charge in [-0.15, -0.1) is 0 Å². The molecule has 21 heavy (non-hydrogen) atoms. The van der Waals surface area contributed by atoms with E-state index in [-0.39, 0.29) is 0 Å². The SMILES string of the molecule is CN(C(N)=NCc1ccnc(OC2CCCC2)c1)C1CC1. The van der Waals surface area contributed by atoms with Crippen LogP contribution in [-0.4, -0.2) is 35.0 Å². The quantitative estimate of drug-likeness (QED) is 0.667. The molecule has 1 heterocycles. The van der Waals surface area contributed by atoms with Crippen LogP contribution in [0.4, 0.5) is 0 Å². The molecule has 0 aromatic carbocycles. The van der Waals surface area contributed by atoms with Crippen LogP contribution in [0.3, 0.4) is 0 Å². The molecule has 0 spiro atoms. The van der Waals surface area contributed by atoms with Gasteiger partial charge in [-0.1, -0.05) is 0 Å². The van der Waals surface area contributed by atoms with Gasteiger partial charge in [0.05, 0.1) is 6.54 Å². The standard InChI is InChI=1S/C16H24N4O/c1-20(13-6-7-13)16(17)19-11-12-8-9-18-15(10-12)21-14-4-2-3-5-14/h8-10,13-14H,2-7,11H2,1H3,(H2,17,19). The molecule has 0 bridgehead atoms. The summed E-state index contributed by atoms with van der Waals surface area (Å²) in [5.74, 6) is 1.33. The molecule has 2 fully saturated rings. The third-order valence-corrected chi connectivity index (χ3v) is 4.27. The van der Waals surface area contributed by atoms with E-state index in [9.17, 15) is 0 Å². The lowest BCUT2D eigenvalue weighted by Crippen LogP contribution is -2.35. The van der Waals surface area contributed by atoms with Crippen molar-refractivity contribution in [3.63, 3.8) is 0 Å². The van der Waals surface area contributed by atoms with E-state index in [0.29, 0.717) is 30.5 Å². The van der Waals surface area contributed by atoms with E-state index < -0.39 is 0 Å². The van der Waals surface area contributed by atoms with Crippen LogP contribution < -0.4 is 10.5 Å². The molecule has 0 saturated heterocycles. The lowest BCUT2D eigenvalue weighted by atomic mass is 10.2. The Kier molecular flexibility index (Phi) is 4.27. The topological polar surface area (TPSA) is 63.7 Å². The van der Waals surface area contributed by atoms with Gasteiger partial charge >= 0.3 is 0 Å². The fraction of sp³-hybridized carbons (Fsp3) is 0.625. The summed E-state index contributed by atoms with van der Waals surface area (Å²) >= 11 is 0. The average Bonchev–Trinajstić information content (AvgIpc) is 3.23. The molecule has 0 atom stereocenters. The first-order valence-electron chi connectivity index (χ1n) is 7.87. The van der Waals surface area contributed by atoms with Gasteiger partial charge in [-0.25, -0.2) is 9.98 Å². The number of guanidine groups is 1. The number of hydrogen-bond donors (Lipinski definition) is 1. The Morgan fingerprint density at radius 1 is 1.38 bits per heavy atom. The maximum absolute atomic E-state index is 6.01. The van der Waals surface area contributed by atoms with Crippen LogP contribution in [-0.2, 0) is 6.54 Å². The third kappa shape index (κ3) is 3.86. The maximum atomic E-state index is 6.01. The largest absolute Gasteiger partial charge is 0.474 e. The lowest BCUT2D eigenvalue weighted by molar-refractivity contribution is 0.201. The Labute approximate surface area is 126 Å². The first-order chi connectivity index (χ1) is 10.2. The fourth-order valence-electron chi connectivity index (χ4n) is 2.72. The highest BCUT2D eigenvalue weighted by atomic mass is 16.5. The molecule has 3 rings (SSSR count). The van der Waals surface area contributed by atoms with E-state index in [2.05, 4.69) is 14.9 Å². The zero-order valence-corrected chi connectivity index (χ0v) is 12.7. The summed E-state index contributed by atoms with van der Waals surface area (Å²) < 4.78 is 5.92. The Morgan fingerprint density at radius 2 is 2.14 bits per heavy atom. The summed E-state index contributed by atoms with van der Waals surface area (Å²) in [5.41, 5.74) is 7.09. The summed E-state index contributed by atoms with van der Waals surface area (Å²) in [6, 6.07) is 4.54. The van der Waals surface area contributed by atoms with E-state index in [0.717, 1.165) is 18.4 Å². The van der Waals surface area contributed by atoms with Crippen LogP contribution in [0.1, 0.15) is 44.1 Å². The van der Waals surface area contributed by atoms with Crippen molar-refractivity contribution in [2.24, 2.45) is 10.7 Å². The first kappa shape index (κ1) is 14.2. The van der Waals surface area contributed by atoms with Crippen molar-refractivity contribution < 1.29 is 4.74 Å². The number of pyridine rings is 1. The molecular formula is C16H24N4O. The number of nitrogens with two attached hydrogens (primary N) is 1. The second-order valence-electron chi connectivity index (χ2n) is 6.04. The molecule has 0 amide bonds. The van der Waals surface area contributed by atoms with E-state index in [1.54, 1.807) is 6.20 Å². The second kappa shape index (κ2) is 6.33. The lowest BCUT2D eigenvalue weighted by Gasteiger charge is -2.17. The number of ether oxygens (including phenoxy) is 1. The van der Waals surface area contributed by atoms with Crippen molar-refractivity contribution in [2.45, 2.75) is 57.2 Å². The van der Waals surface area contributed by atoms with Gasteiger partial charge in [0.1, 0.15) is 6.10 Å². The smallest absolute Gasteiger partial charge is 0.213 e. The number of hydrogen-bond acceptors (Lipinski definition) is 3. The molecule has 1 aromatic heterocycles. The van der Waals surface area contributed by atoms with Crippen LogP contribution in [0.5, 0.6) is 5.88 Å². The van der Waals surface area contributed by atoms with E-state index in [1.165, 1.54) is 25.7 Å². The summed E-state index contributed by atoms with van der Waals surface area (Å²) in [7, 11) is 2.01. The predicted molar refractivity (Wildman–Crippen MR) is 83.2 cm³/mol. The molecule has 2 N–H and O–H groups in total. The van der Waals surface area contributed by atoms with Crippen LogP contribution in [0.25, 0.3) is 0 Å². The monoisotopic (exact) mass is 288 g/mol. The zero-order valence-electron chi connectivity index (χ0n) is 12.7. The number of aromatic nitrogens is 1. The molecular weight excluding hydrogens is 264 g/mol. The van der Waals surface area contributed by atoms with E-state index >= 15 is 0 Å². The molecule has 1 aromatic rings. The Morgan fingerprint density at radius 3 is 2.86 bits per heavy atom. The third-order valence-electron chi connectivity index (χ3n) is 4.27. The van der Waals surface area contributed by atoms with Crippen molar-refractivity contribution in [3.05, 3.63) is 23.9 Å². The number of aliphatic imine (C=N–C) groups is 1. The van der Waals surface area contributed by atoms with Crippen LogP contribution in [0, 0.1) is 0 Å². The summed E-state index contributed by atoms with van der Waals surface area (Å²) in [6.45, 7) is 0.576. The van der Waals surface area contributed by atoms with Crippen LogP contribution in [0.15, 0.2) is 23.3 Å². The maximum Gasteiger partial charge on any atom is 0.213 e. The van der Waals surface area contributed by atoms with Crippen molar-refractivity contribution in [1.82, 2.24) is 9.88 Å². The first-order valence-corrected chi connectivity index (χ1v) is 7.87. The van der Waals surface area contributed by atoms with Gasteiger partial charge in [0.2, 0.25) is 5.88 Å². The number of nitrogens with zero attached hydrogens (tertiary/aromatic N) is 3. The molecule has 2 aliphatic rings. The highest BCUT2D eigenvalue weighted by Crippen LogP contribution is 2.25. The zero-order chi connectivity index (χ0) is 14.7. The minimum Gasteiger partial charge on any atom is -0.474 e. The Bertz CT molecular complexity index is 507. The molecule has 0 unspecified atom stereocenters. The van der Waals surface area contributed by atoms with Gasteiger partial charge in [0.15, 0.2) is 5.96 Å². The van der Waals surface area contributed by atoms with Crippen molar-refractivity contribution in [3.8, 4) is 5.88 Å². The number of rotatable bonds is 5. The summed E-state index contributed by atoms with van der Waals surface area (Å²) in [6.07, 6.45) is 9.38. The Hall–Kier alpha value is -1.78. The highest BCUT2D eigenvalue weighted by molar-refractivity contribution is 5.78. The fourth-order valence-corrected chi connectivity index (χ4v) is 2.72. The minimum absolute atomic E-state index is 0.335.